The number of benzene rings is 1. The summed E-state index contributed by atoms with van der Waals surface area (Å²) in [5.74, 6) is -3.19. The van der Waals surface area contributed by atoms with E-state index in [-0.39, 0.29) is 22.7 Å². The van der Waals surface area contributed by atoms with Gasteiger partial charge in [-0.25, -0.2) is 14.4 Å². The third-order valence-corrected chi connectivity index (χ3v) is 2.76. The van der Waals surface area contributed by atoms with Gasteiger partial charge in [0.1, 0.15) is 11.6 Å². The fraction of sp³-hybridized carbons (Fsp3) is 0.154. The van der Waals surface area contributed by atoms with Crippen LogP contribution in [-0.2, 0) is 4.79 Å². The van der Waals surface area contributed by atoms with Gasteiger partial charge in [-0.2, -0.15) is 0 Å². The quantitative estimate of drug-likeness (QED) is 0.885. The molecule has 5 nitrogen and oxygen atoms in total. The van der Waals surface area contributed by atoms with Gasteiger partial charge >= 0.3 is 5.97 Å². The highest BCUT2D eigenvalue weighted by Crippen LogP contribution is 2.36. The Bertz CT molecular complexity index is 617. The minimum Gasteiger partial charge on any atom is -0.507 e. The number of carboxylic acids is 1. The number of aromatic nitrogens is 2. The predicted octanol–water partition coefficient (Wildman–Crippen LogP) is 2.18. The van der Waals surface area contributed by atoms with E-state index in [0.29, 0.717) is 0 Å². The zero-order valence-electron chi connectivity index (χ0n) is 10.0. The van der Waals surface area contributed by atoms with Gasteiger partial charge in [-0.05, 0) is 25.1 Å². The van der Waals surface area contributed by atoms with Gasteiger partial charge in [-0.1, -0.05) is 0 Å². The van der Waals surface area contributed by atoms with Gasteiger partial charge < -0.3 is 10.2 Å². The molecule has 0 aliphatic rings. The molecule has 98 valence electrons. The second kappa shape index (κ2) is 5.01. The van der Waals surface area contributed by atoms with Crippen molar-refractivity contribution in [2.24, 2.45) is 0 Å². The summed E-state index contributed by atoms with van der Waals surface area (Å²) in [5, 5.41) is 18.9. The molecule has 2 N–H and O–H groups in total. The molecule has 0 amide bonds. The van der Waals surface area contributed by atoms with Gasteiger partial charge in [0.05, 0.1) is 11.5 Å². The zero-order chi connectivity index (χ0) is 14.0. The van der Waals surface area contributed by atoms with E-state index < -0.39 is 17.7 Å². The van der Waals surface area contributed by atoms with Crippen LogP contribution in [0, 0.1) is 5.82 Å². The molecule has 0 saturated heterocycles. The summed E-state index contributed by atoms with van der Waals surface area (Å²) in [7, 11) is 0. The number of aromatic hydroxyl groups is 1. The van der Waals surface area contributed by atoms with Crippen LogP contribution < -0.4 is 0 Å². The maximum atomic E-state index is 13.9. The topological polar surface area (TPSA) is 83.3 Å². The van der Waals surface area contributed by atoms with E-state index in [1.54, 1.807) is 6.07 Å². The van der Waals surface area contributed by atoms with Crippen molar-refractivity contribution >= 4 is 5.97 Å². The molecule has 0 bridgehead atoms. The standard InChI is InChI=1S/C13H11FN2O3/c1-7(13(18)19)10-8(14)3-4-9(17)11(10)12-15-5-2-6-16-12/h2-7,17H,1H3,(H,18,19). The molecule has 0 saturated carbocycles. The van der Waals surface area contributed by atoms with Crippen molar-refractivity contribution in [3.63, 3.8) is 0 Å². The van der Waals surface area contributed by atoms with E-state index in [1.807, 2.05) is 0 Å². The van der Waals surface area contributed by atoms with Gasteiger partial charge in [0.15, 0.2) is 5.82 Å². The van der Waals surface area contributed by atoms with Crippen LogP contribution in [-0.4, -0.2) is 26.2 Å². The summed E-state index contributed by atoms with van der Waals surface area (Å²) in [6, 6.07) is 3.75. The Balaban J connectivity index is 2.72. The second-order valence-electron chi connectivity index (χ2n) is 3.99. The maximum Gasteiger partial charge on any atom is 0.310 e. The van der Waals surface area contributed by atoms with Crippen molar-refractivity contribution in [1.29, 1.82) is 0 Å². The molecule has 0 aliphatic heterocycles. The Kier molecular flexibility index (Phi) is 3.41. The number of halogens is 1. The van der Waals surface area contributed by atoms with Crippen LogP contribution in [0.1, 0.15) is 18.4 Å². The first-order valence-electron chi connectivity index (χ1n) is 5.54. The largest absolute Gasteiger partial charge is 0.507 e. The van der Waals surface area contributed by atoms with Crippen molar-refractivity contribution in [3.8, 4) is 17.1 Å². The summed E-state index contributed by atoms with van der Waals surface area (Å²) in [6.45, 7) is 1.34. The molecular weight excluding hydrogens is 251 g/mol. The Morgan fingerprint density at radius 3 is 2.53 bits per heavy atom. The number of aliphatic carboxylic acids is 1. The highest BCUT2D eigenvalue weighted by Gasteiger charge is 2.25. The minimum absolute atomic E-state index is 0.00972. The van der Waals surface area contributed by atoms with Crippen LogP contribution in [0.3, 0.4) is 0 Å². The van der Waals surface area contributed by atoms with E-state index in [9.17, 15) is 14.3 Å². The summed E-state index contributed by atoms with van der Waals surface area (Å²) in [6.07, 6.45) is 2.86. The molecule has 0 fully saturated rings. The Morgan fingerprint density at radius 2 is 1.95 bits per heavy atom. The molecule has 6 heteroatoms. The lowest BCUT2D eigenvalue weighted by atomic mass is 9.94. The van der Waals surface area contributed by atoms with E-state index in [4.69, 9.17) is 5.11 Å². The molecule has 1 atom stereocenters. The fourth-order valence-electron chi connectivity index (χ4n) is 1.79. The van der Waals surface area contributed by atoms with Crippen LogP contribution in [0.5, 0.6) is 5.75 Å². The van der Waals surface area contributed by atoms with Gasteiger partial charge in [0, 0.05) is 18.0 Å². The van der Waals surface area contributed by atoms with Crippen LogP contribution >= 0.6 is 0 Å². The number of carbonyl (C=O) groups is 1. The lowest BCUT2D eigenvalue weighted by Gasteiger charge is -2.14. The smallest absolute Gasteiger partial charge is 0.310 e. The van der Waals surface area contributed by atoms with Gasteiger partial charge in [-0.15, -0.1) is 0 Å². The molecule has 0 spiro atoms. The van der Waals surface area contributed by atoms with Crippen LogP contribution in [0.4, 0.5) is 4.39 Å². The van der Waals surface area contributed by atoms with E-state index in [2.05, 4.69) is 9.97 Å². The molecule has 19 heavy (non-hydrogen) atoms. The van der Waals surface area contributed by atoms with Gasteiger partial charge in [-0.3, -0.25) is 4.79 Å². The molecule has 0 aliphatic carbocycles. The number of phenolic OH excluding ortho intramolecular Hbond substituents is 1. The highest BCUT2D eigenvalue weighted by molar-refractivity contribution is 5.81. The van der Waals surface area contributed by atoms with E-state index in [0.717, 1.165) is 12.1 Å². The van der Waals surface area contributed by atoms with Gasteiger partial charge in [0.25, 0.3) is 0 Å². The Hall–Kier alpha value is -2.50. The monoisotopic (exact) mass is 262 g/mol. The van der Waals surface area contributed by atoms with Crippen LogP contribution in [0.2, 0.25) is 0 Å². The number of carboxylic acid groups (broad SMARTS) is 1. The molecule has 1 aromatic heterocycles. The number of hydrogen-bond acceptors (Lipinski definition) is 4. The average molecular weight is 262 g/mol. The van der Waals surface area contributed by atoms with Crippen molar-refractivity contribution in [2.75, 3.05) is 0 Å². The van der Waals surface area contributed by atoms with Crippen molar-refractivity contribution in [2.45, 2.75) is 12.8 Å². The first-order valence-corrected chi connectivity index (χ1v) is 5.54. The fourth-order valence-corrected chi connectivity index (χ4v) is 1.79. The van der Waals surface area contributed by atoms with Crippen molar-refractivity contribution < 1.29 is 19.4 Å². The molecule has 1 heterocycles. The normalized spacial score (nSPS) is 12.1. The first kappa shape index (κ1) is 12.9. The summed E-state index contributed by atoms with van der Waals surface area (Å²) in [4.78, 5) is 18.9. The summed E-state index contributed by atoms with van der Waals surface area (Å²) in [5.41, 5.74) is -0.116. The first-order chi connectivity index (χ1) is 9.02. The van der Waals surface area contributed by atoms with Crippen LogP contribution in [0.15, 0.2) is 30.6 Å². The Morgan fingerprint density at radius 1 is 1.32 bits per heavy atom. The lowest BCUT2D eigenvalue weighted by molar-refractivity contribution is -0.138. The molecule has 1 unspecified atom stereocenters. The average Bonchev–Trinajstić information content (AvgIpc) is 2.41. The Labute approximate surface area is 108 Å². The zero-order valence-corrected chi connectivity index (χ0v) is 10.0. The number of nitrogens with zero attached hydrogens (tertiary/aromatic N) is 2. The molecular formula is C13H11FN2O3. The van der Waals surface area contributed by atoms with Crippen molar-refractivity contribution in [1.82, 2.24) is 9.97 Å². The predicted molar refractivity (Wildman–Crippen MR) is 65.1 cm³/mol. The summed E-state index contributed by atoms with van der Waals surface area (Å²) >= 11 is 0. The molecule has 1 aromatic carbocycles. The molecule has 0 radical (unpaired) electrons. The lowest BCUT2D eigenvalue weighted by Crippen LogP contribution is -2.11. The van der Waals surface area contributed by atoms with Crippen LogP contribution in [0.25, 0.3) is 11.4 Å². The number of hydrogen-bond donors (Lipinski definition) is 2. The maximum absolute atomic E-state index is 13.9. The summed E-state index contributed by atoms with van der Waals surface area (Å²) < 4.78 is 13.9. The molecule has 2 aromatic rings. The van der Waals surface area contributed by atoms with Crippen molar-refractivity contribution in [3.05, 3.63) is 42.0 Å². The second-order valence-corrected chi connectivity index (χ2v) is 3.99. The SMILES string of the molecule is CC(C(=O)O)c1c(F)ccc(O)c1-c1ncccn1. The van der Waals surface area contributed by atoms with E-state index >= 15 is 0 Å². The van der Waals surface area contributed by atoms with Gasteiger partial charge in [0.2, 0.25) is 0 Å². The highest BCUT2D eigenvalue weighted by atomic mass is 19.1. The van der Waals surface area contributed by atoms with E-state index in [1.165, 1.54) is 19.3 Å². The minimum atomic E-state index is -1.19. The third-order valence-electron chi connectivity index (χ3n) is 2.76. The number of rotatable bonds is 3. The third kappa shape index (κ3) is 2.37. The molecule has 2 rings (SSSR count). The number of phenols is 1.